The van der Waals surface area contributed by atoms with Crippen LogP contribution in [0.1, 0.15) is 5.56 Å². The number of hydrogen-bond acceptors (Lipinski definition) is 3. The lowest BCUT2D eigenvalue weighted by molar-refractivity contribution is 0.626. The first-order valence-corrected chi connectivity index (χ1v) is 5.67. The van der Waals surface area contributed by atoms with Gasteiger partial charge in [-0.3, -0.25) is 4.98 Å². The molecule has 2 nitrogen and oxygen atoms in total. The number of pyridine rings is 1. The molecule has 0 fully saturated rings. The van der Waals surface area contributed by atoms with Crippen LogP contribution in [0.2, 0.25) is 0 Å². The van der Waals surface area contributed by atoms with Gasteiger partial charge in [-0.25, -0.2) is 4.39 Å². The van der Waals surface area contributed by atoms with Crippen LogP contribution in [-0.2, 0) is 6.54 Å². The molecule has 82 valence electrons. The second kappa shape index (κ2) is 5.09. The first kappa shape index (κ1) is 11.1. The van der Waals surface area contributed by atoms with Crippen molar-refractivity contribution in [3.05, 3.63) is 54.1 Å². The Balaban J connectivity index is 2.23. The molecule has 0 atom stereocenters. The molecule has 0 amide bonds. The van der Waals surface area contributed by atoms with Gasteiger partial charge >= 0.3 is 0 Å². The van der Waals surface area contributed by atoms with Crippen molar-refractivity contribution < 1.29 is 4.39 Å². The first-order chi connectivity index (χ1) is 7.79. The Morgan fingerprint density at radius 1 is 1.19 bits per heavy atom. The van der Waals surface area contributed by atoms with Crippen molar-refractivity contribution in [1.29, 1.82) is 0 Å². The summed E-state index contributed by atoms with van der Waals surface area (Å²) in [6, 6.07) is 8.27. The zero-order valence-corrected chi connectivity index (χ0v) is 9.38. The number of hydrogen-bond donors (Lipinski definition) is 1. The van der Waals surface area contributed by atoms with Crippen LogP contribution >= 0.6 is 11.8 Å². The maximum Gasteiger partial charge on any atom is 0.123 e. The van der Waals surface area contributed by atoms with Gasteiger partial charge in [-0.1, -0.05) is 11.8 Å². The van der Waals surface area contributed by atoms with E-state index in [2.05, 4.69) is 4.98 Å². The molecular formula is C12H11FN2S. The molecule has 0 bridgehead atoms. The van der Waals surface area contributed by atoms with E-state index < -0.39 is 0 Å². The van der Waals surface area contributed by atoms with Crippen LogP contribution in [0.15, 0.2) is 52.5 Å². The first-order valence-electron chi connectivity index (χ1n) is 4.86. The standard InChI is InChI=1S/C12H11FN2S/c13-10-1-3-11(4-2-10)16-12-8-15-6-5-9(12)7-14/h1-6,8H,7,14H2. The van der Waals surface area contributed by atoms with E-state index in [-0.39, 0.29) is 5.82 Å². The SMILES string of the molecule is NCc1ccncc1Sc1ccc(F)cc1. The van der Waals surface area contributed by atoms with Gasteiger partial charge in [0.25, 0.3) is 0 Å². The monoisotopic (exact) mass is 234 g/mol. The van der Waals surface area contributed by atoms with Gasteiger partial charge in [0.1, 0.15) is 5.82 Å². The van der Waals surface area contributed by atoms with E-state index in [4.69, 9.17) is 5.73 Å². The van der Waals surface area contributed by atoms with Crippen molar-refractivity contribution >= 4 is 11.8 Å². The number of halogens is 1. The zero-order chi connectivity index (χ0) is 11.4. The minimum absolute atomic E-state index is 0.227. The van der Waals surface area contributed by atoms with Gasteiger partial charge in [-0.2, -0.15) is 0 Å². The summed E-state index contributed by atoms with van der Waals surface area (Å²) in [6.07, 6.45) is 3.49. The van der Waals surface area contributed by atoms with E-state index in [1.807, 2.05) is 6.07 Å². The van der Waals surface area contributed by atoms with Crippen molar-refractivity contribution in [2.45, 2.75) is 16.3 Å². The van der Waals surface area contributed by atoms with E-state index in [1.165, 1.54) is 23.9 Å². The molecule has 0 saturated heterocycles. The van der Waals surface area contributed by atoms with Crippen molar-refractivity contribution in [2.24, 2.45) is 5.73 Å². The second-order valence-electron chi connectivity index (χ2n) is 3.24. The molecule has 16 heavy (non-hydrogen) atoms. The minimum atomic E-state index is -0.227. The fourth-order valence-corrected chi connectivity index (χ4v) is 2.22. The summed E-state index contributed by atoms with van der Waals surface area (Å²) in [5, 5.41) is 0. The molecule has 0 unspecified atom stereocenters. The molecular weight excluding hydrogens is 223 g/mol. The summed E-state index contributed by atoms with van der Waals surface area (Å²) in [5.41, 5.74) is 6.67. The van der Waals surface area contributed by atoms with Gasteiger partial charge in [-0.15, -0.1) is 0 Å². The molecule has 0 saturated carbocycles. The quantitative estimate of drug-likeness (QED) is 0.887. The van der Waals surface area contributed by atoms with Crippen LogP contribution in [0.3, 0.4) is 0 Å². The molecule has 0 spiro atoms. The molecule has 2 aromatic rings. The van der Waals surface area contributed by atoms with Gasteiger partial charge in [0, 0.05) is 28.7 Å². The predicted octanol–water partition coefficient (Wildman–Crippen LogP) is 2.83. The van der Waals surface area contributed by atoms with E-state index in [1.54, 1.807) is 24.5 Å². The number of nitrogens with two attached hydrogens (primary N) is 1. The molecule has 0 aliphatic carbocycles. The Hall–Kier alpha value is -1.39. The van der Waals surface area contributed by atoms with Crippen LogP contribution in [0.4, 0.5) is 4.39 Å². The normalized spacial score (nSPS) is 10.4. The van der Waals surface area contributed by atoms with Crippen molar-refractivity contribution in [3.63, 3.8) is 0 Å². The Kier molecular flexibility index (Phi) is 3.54. The topological polar surface area (TPSA) is 38.9 Å². The van der Waals surface area contributed by atoms with Crippen LogP contribution in [0, 0.1) is 5.82 Å². The van der Waals surface area contributed by atoms with Crippen LogP contribution in [-0.4, -0.2) is 4.98 Å². The average molecular weight is 234 g/mol. The van der Waals surface area contributed by atoms with Crippen LogP contribution < -0.4 is 5.73 Å². The highest BCUT2D eigenvalue weighted by molar-refractivity contribution is 7.99. The molecule has 0 radical (unpaired) electrons. The lowest BCUT2D eigenvalue weighted by Gasteiger charge is -2.05. The summed E-state index contributed by atoms with van der Waals surface area (Å²) < 4.78 is 12.7. The third kappa shape index (κ3) is 2.59. The minimum Gasteiger partial charge on any atom is -0.326 e. The predicted molar refractivity (Wildman–Crippen MR) is 62.7 cm³/mol. The smallest absolute Gasteiger partial charge is 0.123 e. The van der Waals surface area contributed by atoms with Gasteiger partial charge in [0.2, 0.25) is 0 Å². The van der Waals surface area contributed by atoms with Crippen molar-refractivity contribution in [2.75, 3.05) is 0 Å². The van der Waals surface area contributed by atoms with Crippen LogP contribution in [0.25, 0.3) is 0 Å². The molecule has 1 aromatic carbocycles. The zero-order valence-electron chi connectivity index (χ0n) is 8.56. The molecule has 0 aliphatic heterocycles. The van der Waals surface area contributed by atoms with Gasteiger partial charge in [0.15, 0.2) is 0 Å². The number of nitrogens with zero attached hydrogens (tertiary/aromatic N) is 1. The third-order valence-electron chi connectivity index (χ3n) is 2.13. The Labute approximate surface area is 97.7 Å². The van der Waals surface area contributed by atoms with Crippen LogP contribution in [0.5, 0.6) is 0 Å². The average Bonchev–Trinajstić information content (AvgIpc) is 2.33. The maximum absolute atomic E-state index is 12.7. The van der Waals surface area contributed by atoms with Gasteiger partial charge in [-0.05, 0) is 35.9 Å². The van der Waals surface area contributed by atoms with Gasteiger partial charge < -0.3 is 5.73 Å². The molecule has 1 heterocycles. The number of rotatable bonds is 3. The number of aromatic nitrogens is 1. The summed E-state index contributed by atoms with van der Waals surface area (Å²) >= 11 is 1.54. The third-order valence-corrected chi connectivity index (χ3v) is 3.23. The summed E-state index contributed by atoms with van der Waals surface area (Å²) in [4.78, 5) is 6.04. The van der Waals surface area contributed by atoms with Crippen molar-refractivity contribution in [3.8, 4) is 0 Å². The fourth-order valence-electron chi connectivity index (χ4n) is 1.30. The fraction of sp³-hybridized carbons (Fsp3) is 0.0833. The lowest BCUT2D eigenvalue weighted by atomic mass is 10.3. The lowest BCUT2D eigenvalue weighted by Crippen LogP contribution is -1.98. The Bertz CT molecular complexity index is 471. The largest absolute Gasteiger partial charge is 0.326 e. The summed E-state index contributed by atoms with van der Waals surface area (Å²) in [5.74, 6) is -0.227. The summed E-state index contributed by atoms with van der Waals surface area (Å²) in [7, 11) is 0. The van der Waals surface area contributed by atoms with E-state index >= 15 is 0 Å². The molecule has 4 heteroatoms. The highest BCUT2D eigenvalue weighted by Gasteiger charge is 2.03. The Morgan fingerprint density at radius 3 is 2.62 bits per heavy atom. The molecule has 2 rings (SSSR count). The molecule has 0 aliphatic rings. The molecule has 1 aromatic heterocycles. The Morgan fingerprint density at radius 2 is 1.94 bits per heavy atom. The van der Waals surface area contributed by atoms with E-state index in [9.17, 15) is 4.39 Å². The van der Waals surface area contributed by atoms with Gasteiger partial charge in [0.05, 0.1) is 0 Å². The number of benzene rings is 1. The highest BCUT2D eigenvalue weighted by atomic mass is 32.2. The van der Waals surface area contributed by atoms with Crippen molar-refractivity contribution in [1.82, 2.24) is 4.98 Å². The highest BCUT2D eigenvalue weighted by Crippen LogP contribution is 2.29. The summed E-state index contributed by atoms with van der Waals surface area (Å²) in [6.45, 7) is 0.478. The van der Waals surface area contributed by atoms with E-state index in [0.717, 1.165) is 15.4 Å². The second-order valence-corrected chi connectivity index (χ2v) is 4.36. The van der Waals surface area contributed by atoms with E-state index in [0.29, 0.717) is 6.54 Å². The molecule has 2 N–H and O–H groups in total. The maximum atomic E-state index is 12.7.